The Morgan fingerprint density at radius 2 is 2.16 bits per heavy atom. The minimum atomic E-state index is -0.0521. The highest BCUT2D eigenvalue weighted by Gasteiger charge is 2.20. The minimum absolute atomic E-state index is 0.0413. The van der Waals surface area contributed by atoms with Gasteiger partial charge in [0.05, 0.1) is 18.8 Å². The van der Waals surface area contributed by atoms with Crippen LogP contribution in [0.2, 0.25) is 0 Å². The van der Waals surface area contributed by atoms with Crippen molar-refractivity contribution in [3.63, 3.8) is 0 Å². The molecule has 0 radical (unpaired) electrons. The van der Waals surface area contributed by atoms with Crippen LogP contribution in [0.3, 0.4) is 0 Å². The lowest BCUT2D eigenvalue weighted by molar-refractivity contribution is -0.130. The number of hydrogen-bond acceptors (Lipinski definition) is 5. The van der Waals surface area contributed by atoms with Gasteiger partial charge in [-0.15, -0.1) is 0 Å². The van der Waals surface area contributed by atoms with Crippen molar-refractivity contribution in [2.75, 3.05) is 39.5 Å². The molecule has 2 saturated heterocycles. The lowest BCUT2D eigenvalue weighted by Gasteiger charge is -2.28. The van der Waals surface area contributed by atoms with E-state index in [1.165, 1.54) is 0 Å². The van der Waals surface area contributed by atoms with Crippen molar-refractivity contribution in [3.8, 4) is 0 Å². The maximum Gasteiger partial charge on any atom is 0.246 e. The topological polar surface area (TPSA) is 68.8 Å². The molecular formula is C13H24N2O4. The normalized spacial score (nSPS) is 29.1. The van der Waals surface area contributed by atoms with Gasteiger partial charge in [0.25, 0.3) is 0 Å². The van der Waals surface area contributed by atoms with Gasteiger partial charge in [0, 0.05) is 32.3 Å². The number of morpholine rings is 1. The lowest BCUT2D eigenvalue weighted by atomic mass is 10.1. The van der Waals surface area contributed by atoms with Crippen LogP contribution in [0, 0.1) is 0 Å². The van der Waals surface area contributed by atoms with Gasteiger partial charge in [-0.1, -0.05) is 0 Å². The summed E-state index contributed by atoms with van der Waals surface area (Å²) in [4.78, 5) is 11.7. The standard InChI is InChI=1S/C13H24N2O4/c1-10-6-14-7-12(19-10)8-18-9-13(16)15-11-2-4-17-5-3-11/h10-12,14H,2-9H2,1H3,(H,15,16). The van der Waals surface area contributed by atoms with E-state index in [9.17, 15) is 4.79 Å². The summed E-state index contributed by atoms with van der Waals surface area (Å²) in [5.41, 5.74) is 0. The molecule has 2 aliphatic heterocycles. The van der Waals surface area contributed by atoms with E-state index in [0.717, 1.165) is 39.1 Å². The zero-order chi connectivity index (χ0) is 13.5. The Labute approximate surface area is 114 Å². The van der Waals surface area contributed by atoms with E-state index in [4.69, 9.17) is 14.2 Å². The fourth-order valence-electron chi connectivity index (χ4n) is 2.36. The number of hydrogen-bond donors (Lipinski definition) is 2. The number of carbonyl (C=O) groups excluding carboxylic acids is 1. The fourth-order valence-corrected chi connectivity index (χ4v) is 2.36. The number of carbonyl (C=O) groups is 1. The summed E-state index contributed by atoms with van der Waals surface area (Å²) in [5, 5.41) is 6.23. The molecule has 0 spiro atoms. The van der Waals surface area contributed by atoms with Crippen molar-refractivity contribution in [2.45, 2.75) is 38.0 Å². The second-order valence-corrected chi connectivity index (χ2v) is 5.20. The van der Waals surface area contributed by atoms with Crippen molar-refractivity contribution in [1.82, 2.24) is 10.6 Å². The predicted octanol–water partition coefficient (Wildman–Crippen LogP) is -0.325. The van der Waals surface area contributed by atoms with Crippen LogP contribution in [0.15, 0.2) is 0 Å². The molecule has 0 saturated carbocycles. The summed E-state index contributed by atoms with van der Waals surface area (Å²) >= 11 is 0. The first-order valence-corrected chi connectivity index (χ1v) is 7.05. The summed E-state index contributed by atoms with van der Waals surface area (Å²) in [5.74, 6) is -0.0521. The number of nitrogens with one attached hydrogen (secondary N) is 2. The Morgan fingerprint density at radius 1 is 1.37 bits per heavy atom. The Hall–Kier alpha value is -0.690. The van der Waals surface area contributed by atoms with Gasteiger partial charge in [-0.3, -0.25) is 4.79 Å². The van der Waals surface area contributed by atoms with Gasteiger partial charge in [-0.2, -0.15) is 0 Å². The van der Waals surface area contributed by atoms with E-state index in [2.05, 4.69) is 10.6 Å². The maximum absolute atomic E-state index is 11.7. The SMILES string of the molecule is CC1CNCC(COCC(=O)NC2CCOCC2)O1. The number of ether oxygens (including phenoxy) is 3. The molecule has 2 atom stereocenters. The molecule has 0 aromatic heterocycles. The molecule has 19 heavy (non-hydrogen) atoms. The second-order valence-electron chi connectivity index (χ2n) is 5.20. The molecule has 2 N–H and O–H groups in total. The summed E-state index contributed by atoms with van der Waals surface area (Å²) in [6.45, 7) is 5.70. The summed E-state index contributed by atoms with van der Waals surface area (Å²) in [6, 6.07) is 0.234. The molecule has 110 valence electrons. The van der Waals surface area contributed by atoms with Crippen molar-refractivity contribution in [3.05, 3.63) is 0 Å². The predicted molar refractivity (Wildman–Crippen MR) is 70.0 cm³/mol. The molecule has 2 heterocycles. The molecule has 6 nitrogen and oxygen atoms in total. The van der Waals surface area contributed by atoms with E-state index in [1.807, 2.05) is 6.92 Å². The van der Waals surface area contributed by atoms with E-state index >= 15 is 0 Å². The smallest absolute Gasteiger partial charge is 0.246 e. The Morgan fingerprint density at radius 3 is 2.89 bits per heavy atom. The van der Waals surface area contributed by atoms with Crippen LogP contribution in [-0.2, 0) is 19.0 Å². The van der Waals surface area contributed by atoms with Crippen LogP contribution in [0.5, 0.6) is 0 Å². The fraction of sp³-hybridized carbons (Fsp3) is 0.923. The molecule has 0 bridgehead atoms. The highest BCUT2D eigenvalue weighted by molar-refractivity contribution is 5.77. The first-order chi connectivity index (χ1) is 9.24. The van der Waals surface area contributed by atoms with Crippen molar-refractivity contribution < 1.29 is 19.0 Å². The van der Waals surface area contributed by atoms with Crippen LogP contribution in [-0.4, -0.2) is 63.7 Å². The second kappa shape index (κ2) is 7.79. The van der Waals surface area contributed by atoms with Crippen LogP contribution in [0.4, 0.5) is 0 Å². The summed E-state index contributed by atoms with van der Waals surface area (Å²) in [6.07, 6.45) is 2.02. The van der Waals surface area contributed by atoms with Gasteiger partial charge in [0.1, 0.15) is 6.61 Å². The number of rotatable bonds is 5. The van der Waals surface area contributed by atoms with E-state index in [1.54, 1.807) is 0 Å². The average Bonchev–Trinajstić information content (AvgIpc) is 2.40. The third-order valence-electron chi connectivity index (χ3n) is 3.35. The van der Waals surface area contributed by atoms with Gasteiger partial charge >= 0.3 is 0 Å². The molecule has 2 aliphatic rings. The maximum atomic E-state index is 11.7. The van der Waals surface area contributed by atoms with Crippen LogP contribution >= 0.6 is 0 Å². The molecule has 6 heteroatoms. The first-order valence-electron chi connectivity index (χ1n) is 7.05. The zero-order valence-corrected chi connectivity index (χ0v) is 11.5. The molecular weight excluding hydrogens is 248 g/mol. The Kier molecular flexibility index (Phi) is 6.03. The third kappa shape index (κ3) is 5.44. The van der Waals surface area contributed by atoms with Crippen molar-refractivity contribution >= 4 is 5.91 Å². The van der Waals surface area contributed by atoms with Gasteiger partial charge in [-0.05, 0) is 19.8 Å². The molecule has 0 aromatic carbocycles. The van der Waals surface area contributed by atoms with Crippen LogP contribution < -0.4 is 10.6 Å². The molecule has 2 unspecified atom stereocenters. The lowest BCUT2D eigenvalue weighted by Crippen LogP contribution is -2.46. The Balaban J connectivity index is 1.55. The van der Waals surface area contributed by atoms with Crippen LogP contribution in [0.1, 0.15) is 19.8 Å². The summed E-state index contributed by atoms with van der Waals surface area (Å²) in [7, 11) is 0. The third-order valence-corrected chi connectivity index (χ3v) is 3.35. The first kappa shape index (κ1) is 14.7. The van der Waals surface area contributed by atoms with Gasteiger partial charge in [0.15, 0.2) is 0 Å². The van der Waals surface area contributed by atoms with E-state index in [-0.39, 0.29) is 30.8 Å². The van der Waals surface area contributed by atoms with Gasteiger partial charge < -0.3 is 24.8 Å². The minimum Gasteiger partial charge on any atom is -0.381 e. The average molecular weight is 272 g/mol. The Bertz CT molecular complexity index is 282. The molecule has 2 fully saturated rings. The monoisotopic (exact) mass is 272 g/mol. The highest BCUT2D eigenvalue weighted by Crippen LogP contribution is 2.06. The van der Waals surface area contributed by atoms with Crippen molar-refractivity contribution in [2.24, 2.45) is 0 Å². The quantitative estimate of drug-likeness (QED) is 0.717. The molecule has 0 aliphatic carbocycles. The van der Waals surface area contributed by atoms with Gasteiger partial charge in [-0.25, -0.2) is 0 Å². The summed E-state index contributed by atoms with van der Waals surface area (Å²) < 4.78 is 16.3. The van der Waals surface area contributed by atoms with Gasteiger partial charge in [0.2, 0.25) is 5.91 Å². The molecule has 0 aromatic rings. The van der Waals surface area contributed by atoms with Crippen molar-refractivity contribution in [1.29, 1.82) is 0 Å². The largest absolute Gasteiger partial charge is 0.381 e. The van der Waals surface area contributed by atoms with E-state index < -0.39 is 0 Å². The van der Waals surface area contributed by atoms with E-state index in [0.29, 0.717) is 6.61 Å². The van der Waals surface area contributed by atoms with Crippen LogP contribution in [0.25, 0.3) is 0 Å². The molecule has 1 amide bonds. The zero-order valence-electron chi connectivity index (χ0n) is 11.5. The molecule has 2 rings (SSSR count). The highest BCUT2D eigenvalue weighted by atomic mass is 16.5. The number of amides is 1.